The average molecular weight is 409 g/mol. The third-order valence-corrected chi connectivity index (χ3v) is 7.46. The van der Waals surface area contributed by atoms with Crippen molar-refractivity contribution in [3.05, 3.63) is 54.4 Å². The Kier molecular flexibility index (Phi) is 5.08. The molecule has 8 nitrogen and oxygen atoms in total. The van der Waals surface area contributed by atoms with Gasteiger partial charge in [0.25, 0.3) is 0 Å². The van der Waals surface area contributed by atoms with E-state index in [9.17, 15) is 16.8 Å². The lowest BCUT2D eigenvalue weighted by atomic mass is 10.3. The molecule has 0 saturated carbocycles. The Labute approximate surface area is 158 Å². The fourth-order valence-electron chi connectivity index (χ4n) is 2.60. The van der Waals surface area contributed by atoms with Crippen LogP contribution in [-0.2, 0) is 33.6 Å². The first-order valence-electron chi connectivity index (χ1n) is 8.05. The summed E-state index contributed by atoms with van der Waals surface area (Å²) in [6.45, 7) is 0.0191. The predicted octanol–water partition coefficient (Wildman–Crippen LogP) is 1.30. The van der Waals surface area contributed by atoms with E-state index in [1.807, 2.05) is 35.9 Å². The summed E-state index contributed by atoms with van der Waals surface area (Å²) in [4.78, 5) is 4.44. The summed E-state index contributed by atoms with van der Waals surface area (Å²) < 4.78 is 54.6. The van der Waals surface area contributed by atoms with Crippen molar-refractivity contribution in [3.8, 4) is 0 Å². The summed E-state index contributed by atoms with van der Waals surface area (Å²) in [6, 6.07) is 12.6. The minimum atomic E-state index is -3.81. The zero-order chi connectivity index (χ0) is 19.8. The minimum Gasteiger partial charge on any atom is -0.330 e. The molecule has 0 radical (unpaired) electrons. The van der Waals surface area contributed by atoms with Crippen molar-refractivity contribution in [1.82, 2.24) is 18.6 Å². The molecule has 0 spiro atoms. The highest BCUT2D eigenvalue weighted by Crippen LogP contribution is 2.18. The molecule has 0 aliphatic heterocycles. The number of benzene rings is 2. The summed E-state index contributed by atoms with van der Waals surface area (Å²) in [5.74, 6) is 0.576. The van der Waals surface area contributed by atoms with Crippen LogP contribution in [0.3, 0.4) is 0 Å². The van der Waals surface area contributed by atoms with Gasteiger partial charge in [-0.3, -0.25) is 0 Å². The van der Waals surface area contributed by atoms with Crippen molar-refractivity contribution < 1.29 is 16.8 Å². The van der Waals surface area contributed by atoms with Crippen molar-refractivity contribution in [2.24, 2.45) is 7.05 Å². The lowest BCUT2D eigenvalue weighted by molar-refractivity contribution is 0.520. The van der Waals surface area contributed by atoms with E-state index in [0.717, 1.165) is 15.3 Å². The van der Waals surface area contributed by atoms with E-state index >= 15 is 0 Å². The van der Waals surface area contributed by atoms with Gasteiger partial charge >= 0.3 is 0 Å². The smallest absolute Gasteiger partial charge is 0.242 e. The van der Waals surface area contributed by atoms with Crippen molar-refractivity contribution in [3.63, 3.8) is 0 Å². The number of nitrogens with zero attached hydrogens (tertiary/aromatic N) is 3. The van der Waals surface area contributed by atoms with Gasteiger partial charge in [-0.05, 0) is 36.4 Å². The second kappa shape index (κ2) is 7.04. The van der Waals surface area contributed by atoms with E-state index in [-0.39, 0.29) is 16.3 Å². The molecule has 0 fully saturated rings. The topological polar surface area (TPSA) is 101 Å². The van der Waals surface area contributed by atoms with E-state index in [1.165, 1.54) is 38.4 Å². The van der Waals surface area contributed by atoms with E-state index in [4.69, 9.17) is 0 Å². The maximum Gasteiger partial charge on any atom is 0.242 e. The molecule has 27 heavy (non-hydrogen) atoms. The molecule has 0 aliphatic rings. The Morgan fingerprint density at radius 2 is 1.56 bits per heavy atom. The van der Waals surface area contributed by atoms with Crippen molar-refractivity contribution in [2.75, 3.05) is 14.1 Å². The van der Waals surface area contributed by atoms with Crippen molar-refractivity contribution >= 4 is 31.1 Å². The van der Waals surface area contributed by atoms with Crippen LogP contribution in [0.15, 0.2) is 58.3 Å². The number of aromatic nitrogens is 2. The second-order valence-corrected chi connectivity index (χ2v) is 10.1. The second-order valence-electron chi connectivity index (χ2n) is 6.16. The zero-order valence-corrected chi connectivity index (χ0v) is 16.8. The number of hydrogen-bond acceptors (Lipinski definition) is 5. The van der Waals surface area contributed by atoms with Gasteiger partial charge < -0.3 is 4.57 Å². The number of sulfonamides is 2. The molecule has 0 bridgehead atoms. The maximum atomic E-state index is 12.5. The minimum absolute atomic E-state index is 0.0148. The molecule has 0 unspecified atom stereocenters. The standard InChI is InChI=1S/C17H20N4O4S2/c1-20(2)27(24,25)14-10-8-13(9-11-14)26(22,23)18-12-17-19-15-6-4-5-7-16(15)21(17)3/h4-11,18H,12H2,1-3H3. The molecule has 3 rings (SSSR count). The van der Waals surface area contributed by atoms with Crippen molar-refractivity contribution in [2.45, 2.75) is 16.3 Å². The molecule has 1 N–H and O–H groups in total. The summed E-state index contributed by atoms with van der Waals surface area (Å²) >= 11 is 0. The molecule has 2 aromatic carbocycles. The number of imidazole rings is 1. The maximum absolute atomic E-state index is 12.5. The molecule has 144 valence electrons. The molecule has 3 aromatic rings. The Hall–Kier alpha value is -2.27. The Morgan fingerprint density at radius 3 is 2.15 bits per heavy atom. The summed E-state index contributed by atoms with van der Waals surface area (Å²) in [5.41, 5.74) is 1.69. The third kappa shape index (κ3) is 3.74. The van der Waals surface area contributed by atoms with Crippen LogP contribution >= 0.6 is 0 Å². The fraction of sp³-hybridized carbons (Fsp3) is 0.235. The van der Waals surface area contributed by atoms with Crippen LogP contribution in [0.1, 0.15) is 5.82 Å². The molecule has 0 saturated heterocycles. The summed E-state index contributed by atoms with van der Waals surface area (Å²) in [7, 11) is -2.77. The zero-order valence-electron chi connectivity index (χ0n) is 15.1. The average Bonchev–Trinajstić information content (AvgIpc) is 2.96. The van der Waals surface area contributed by atoms with Crippen LogP contribution in [-0.4, -0.2) is 44.8 Å². The SMILES string of the molecule is CN(C)S(=O)(=O)c1ccc(S(=O)(=O)NCc2nc3ccccc3n2C)cc1. The first kappa shape index (κ1) is 19.5. The number of hydrogen-bond donors (Lipinski definition) is 1. The first-order valence-corrected chi connectivity index (χ1v) is 11.0. The summed E-state index contributed by atoms with van der Waals surface area (Å²) in [6.07, 6.45) is 0. The third-order valence-electron chi connectivity index (χ3n) is 4.21. The first-order chi connectivity index (χ1) is 12.6. The Bertz CT molecular complexity index is 1180. The quantitative estimate of drug-likeness (QED) is 0.663. The highest BCUT2D eigenvalue weighted by molar-refractivity contribution is 7.89. The van der Waals surface area contributed by atoms with Gasteiger partial charge in [0, 0.05) is 21.1 Å². The van der Waals surface area contributed by atoms with Gasteiger partial charge in [0.15, 0.2) is 0 Å². The lowest BCUT2D eigenvalue weighted by Gasteiger charge is -2.12. The molecule has 0 atom stereocenters. The van der Waals surface area contributed by atoms with Crippen LogP contribution in [0.4, 0.5) is 0 Å². The molecule has 1 heterocycles. The van der Waals surface area contributed by atoms with Gasteiger partial charge in [-0.1, -0.05) is 12.1 Å². The van der Waals surface area contributed by atoms with Crippen LogP contribution < -0.4 is 4.72 Å². The largest absolute Gasteiger partial charge is 0.330 e. The predicted molar refractivity (Wildman–Crippen MR) is 102 cm³/mol. The van der Waals surface area contributed by atoms with Crippen LogP contribution in [0, 0.1) is 0 Å². The monoisotopic (exact) mass is 408 g/mol. The molecule has 0 aliphatic carbocycles. The van der Waals surface area contributed by atoms with Gasteiger partial charge in [-0.25, -0.2) is 30.8 Å². The van der Waals surface area contributed by atoms with Crippen molar-refractivity contribution in [1.29, 1.82) is 0 Å². The van der Waals surface area contributed by atoms with E-state index in [1.54, 1.807) is 0 Å². The Morgan fingerprint density at radius 1 is 0.963 bits per heavy atom. The molecule has 10 heteroatoms. The van der Waals surface area contributed by atoms with Crippen LogP contribution in [0.2, 0.25) is 0 Å². The highest BCUT2D eigenvalue weighted by atomic mass is 32.2. The fourth-order valence-corrected chi connectivity index (χ4v) is 4.48. The van der Waals surface area contributed by atoms with E-state index in [2.05, 4.69) is 9.71 Å². The number of fused-ring (bicyclic) bond motifs is 1. The molecular formula is C17H20N4O4S2. The molecular weight excluding hydrogens is 388 g/mol. The molecule has 0 amide bonds. The number of nitrogens with one attached hydrogen (secondary N) is 1. The van der Waals surface area contributed by atoms with Gasteiger partial charge in [0.1, 0.15) is 5.82 Å². The van der Waals surface area contributed by atoms with Gasteiger partial charge in [0.05, 0.1) is 27.4 Å². The van der Waals surface area contributed by atoms with Crippen LogP contribution in [0.5, 0.6) is 0 Å². The normalized spacial score (nSPS) is 12.7. The number of aryl methyl sites for hydroxylation is 1. The van der Waals surface area contributed by atoms with E-state index in [0.29, 0.717) is 5.82 Å². The van der Waals surface area contributed by atoms with E-state index < -0.39 is 20.0 Å². The van der Waals surface area contributed by atoms with Gasteiger partial charge in [-0.2, -0.15) is 0 Å². The number of para-hydroxylation sites is 2. The Balaban J connectivity index is 1.81. The van der Waals surface area contributed by atoms with Crippen LogP contribution in [0.25, 0.3) is 11.0 Å². The molecule has 1 aromatic heterocycles. The number of rotatable bonds is 6. The lowest BCUT2D eigenvalue weighted by Crippen LogP contribution is -2.25. The van der Waals surface area contributed by atoms with Gasteiger partial charge in [0.2, 0.25) is 20.0 Å². The summed E-state index contributed by atoms with van der Waals surface area (Å²) in [5, 5.41) is 0. The van der Waals surface area contributed by atoms with Gasteiger partial charge in [-0.15, -0.1) is 0 Å². The highest BCUT2D eigenvalue weighted by Gasteiger charge is 2.20.